The van der Waals surface area contributed by atoms with Crippen LogP contribution in [0.3, 0.4) is 0 Å². The second-order valence-electron chi connectivity index (χ2n) is 5.26. The monoisotopic (exact) mass is 336 g/mol. The molecule has 0 bridgehead atoms. The van der Waals surface area contributed by atoms with Crippen LogP contribution in [0.5, 0.6) is 0 Å². The third-order valence-corrected chi connectivity index (χ3v) is 3.62. The highest BCUT2D eigenvalue weighted by molar-refractivity contribution is 6.03. The molecule has 0 spiro atoms. The molecule has 2 aromatic carbocycles. The summed E-state index contributed by atoms with van der Waals surface area (Å²) >= 11 is 0. The molecule has 0 aliphatic heterocycles. The molecule has 126 valence electrons. The lowest BCUT2D eigenvalue weighted by atomic mass is 10.3. The minimum absolute atomic E-state index is 0.114. The smallest absolute Gasteiger partial charge is 0.274 e. The van der Waals surface area contributed by atoms with E-state index < -0.39 is 11.7 Å². The molecule has 3 rings (SSSR count). The number of carbonyl (C=O) groups excluding carboxylic acids is 1. The molecule has 0 radical (unpaired) electrons. The van der Waals surface area contributed by atoms with E-state index >= 15 is 0 Å². The molecule has 6 heteroatoms. The summed E-state index contributed by atoms with van der Waals surface area (Å²) in [4.78, 5) is 22.8. The molecule has 3 aromatic rings. The van der Waals surface area contributed by atoms with Gasteiger partial charge in [-0.2, -0.15) is 0 Å². The number of hydrogen-bond donors (Lipinski definition) is 1. The first-order valence-electron chi connectivity index (χ1n) is 7.90. The van der Waals surface area contributed by atoms with Crippen LogP contribution in [0, 0.1) is 5.82 Å². The fraction of sp³-hybridized carbons (Fsp3) is 0.105. The summed E-state index contributed by atoms with van der Waals surface area (Å²) < 4.78 is 13.7. The molecule has 5 nitrogen and oxygen atoms in total. The van der Waals surface area contributed by atoms with Crippen molar-refractivity contribution >= 4 is 23.2 Å². The Balaban J connectivity index is 1.86. The van der Waals surface area contributed by atoms with E-state index in [0.29, 0.717) is 12.5 Å². The standard InChI is InChI=1S/C19H17FN4O/c1-2-24(14-8-4-3-5-9-14)19-21-13-12-17(23-19)18(25)22-16-11-7-6-10-15(16)20/h3-13H,2H2,1H3,(H,22,25). The van der Waals surface area contributed by atoms with Crippen molar-refractivity contribution in [3.05, 3.63) is 78.4 Å². The number of hydrogen-bond acceptors (Lipinski definition) is 4. The van der Waals surface area contributed by atoms with E-state index in [9.17, 15) is 9.18 Å². The molecule has 0 unspecified atom stereocenters. The lowest BCUT2D eigenvalue weighted by molar-refractivity contribution is 0.102. The van der Waals surface area contributed by atoms with Crippen LogP contribution in [0.15, 0.2) is 66.9 Å². The molecule has 0 saturated carbocycles. The van der Waals surface area contributed by atoms with Gasteiger partial charge in [0.25, 0.3) is 5.91 Å². The van der Waals surface area contributed by atoms with Crippen molar-refractivity contribution in [2.24, 2.45) is 0 Å². The molecule has 25 heavy (non-hydrogen) atoms. The SMILES string of the molecule is CCN(c1ccccc1)c1nccc(C(=O)Nc2ccccc2F)n1. The molecule has 1 amide bonds. The summed E-state index contributed by atoms with van der Waals surface area (Å²) in [6.07, 6.45) is 1.52. The Bertz CT molecular complexity index is 870. The van der Waals surface area contributed by atoms with Gasteiger partial charge in [0.2, 0.25) is 5.95 Å². The van der Waals surface area contributed by atoms with Gasteiger partial charge in [0.1, 0.15) is 11.5 Å². The van der Waals surface area contributed by atoms with Gasteiger partial charge in [-0.3, -0.25) is 4.79 Å². The lowest BCUT2D eigenvalue weighted by Crippen LogP contribution is -2.21. The third kappa shape index (κ3) is 3.80. The van der Waals surface area contributed by atoms with Crippen molar-refractivity contribution < 1.29 is 9.18 Å². The normalized spacial score (nSPS) is 10.3. The fourth-order valence-corrected chi connectivity index (χ4v) is 2.40. The Morgan fingerprint density at radius 2 is 1.80 bits per heavy atom. The summed E-state index contributed by atoms with van der Waals surface area (Å²) in [5.41, 5.74) is 1.21. The van der Waals surface area contributed by atoms with Crippen LogP contribution in [0.25, 0.3) is 0 Å². The topological polar surface area (TPSA) is 58.1 Å². The van der Waals surface area contributed by atoms with Crippen LogP contribution >= 0.6 is 0 Å². The van der Waals surface area contributed by atoms with Crippen LogP contribution in [-0.2, 0) is 0 Å². The van der Waals surface area contributed by atoms with Gasteiger partial charge < -0.3 is 10.2 Å². The highest BCUT2D eigenvalue weighted by Gasteiger charge is 2.15. The van der Waals surface area contributed by atoms with Crippen molar-refractivity contribution in [3.63, 3.8) is 0 Å². The van der Waals surface area contributed by atoms with Gasteiger partial charge >= 0.3 is 0 Å². The minimum atomic E-state index is -0.496. The lowest BCUT2D eigenvalue weighted by Gasteiger charge is -2.21. The van der Waals surface area contributed by atoms with Crippen molar-refractivity contribution in [3.8, 4) is 0 Å². The number of amides is 1. The number of para-hydroxylation sites is 2. The van der Waals surface area contributed by atoms with Crippen LogP contribution in [0.1, 0.15) is 17.4 Å². The zero-order valence-corrected chi connectivity index (χ0v) is 13.7. The van der Waals surface area contributed by atoms with Gasteiger partial charge in [0, 0.05) is 18.4 Å². The van der Waals surface area contributed by atoms with Gasteiger partial charge in [-0.15, -0.1) is 0 Å². The number of rotatable bonds is 5. The van der Waals surface area contributed by atoms with Crippen LogP contribution in [-0.4, -0.2) is 22.4 Å². The average molecular weight is 336 g/mol. The molecule has 1 aromatic heterocycles. The van der Waals surface area contributed by atoms with Crippen LogP contribution in [0.2, 0.25) is 0 Å². The van der Waals surface area contributed by atoms with E-state index in [1.807, 2.05) is 42.2 Å². The van der Waals surface area contributed by atoms with E-state index in [4.69, 9.17) is 0 Å². The Labute approximate surface area is 145 Å². The quantitative estimate of drug-likeness (QED) is 0.764. The van der Waals surface area contributed by atoms with E-state index in [1.54, 1.807) is 12.1 Å². The van der Waals surface area contributed by atoms with Crippen molar-refractivity contribution in [2.75, 3.05) is 16.8 Å². The molecule has 0 saturated heterocycles. The predicted octanol–water partition coefficient (Wildman–Crippen LogP) is 4.03. The van der Waals surface area contributed by atoms with E-state index in [1.165, 1.54) is 24.4 Å². The maximum atomic E-state index is 13.7. The van der Waals surface area contributed by atoms with Crippen molar-refractivity contribution in [1.29, 1.82) is 0 Å². The van der Waals surface area contributed by atoms with Crippen molar-refractivity contribution in [1.82, 2.24) is 9.97 Å². The van der Waals surface area contributed by atoms with E-state index in [-0.39, 0.29) is 11.4 Å². The first-order valence-corrected chi connectivity index (χ1v) is 7.90. The zero-order chi connectivity index (χ0) is 17.6. The largest absolute Gasteiger partial charge is 0.318 e. The third-order valence-electron chi connectivity index (χ3n) is 3.62. The maximum absolute atomic E-state index is 13.7. The molecule has 0 aliphatic rings. The Morgan fingerprint density at radius 3 is 2.52 bits per heavy atom. The minimum Gasteiger partial charge on any atom is -0.318 e. The zero-order valence-electron chi connectivity index (χ0n) is 13.7. The summed E-state index contributed by atoms with van der Waals surface area (Å²) in [5.74, 6) is -0.572. The Morgan fingerprint density at radius 1 is 1.08 bits per heavy atom. The summed E-state index contributed by atoms with van der Waals surface area (Å²) in [5, 5.41) is 2.53. The molecule has 1 N–H and O–H groups in total. The number of nitrogens with zero attached hydrogens (tertiary/aromatic N) is 3. The Kier molecular flexibility index (Phi) is 4.99. The number of anilines is 3. The number of benzene rings is 2. The molecule has 0 atom stereocenters. The highest BCUT2D eigenvalue weighted by atomic mass is 19.1. The van der Waals surface area contributed by atoms with Gasteiger partial charge in [-0.1, -0.05) is 30.3 Å². The second-order valence-corrected chi connectivity index (χ2v) is 5.26. The number of halogens is 1. The first kappa shape index (κ1) is 16.6. The molecule has 0 fully saturated rings. The first-order chi connectivity index (χ1) is 12.2. The number of carbonyl (C=O) groups is 1. The van der Waals surface area contributed by atoms with Gasteiger partial charge in [-0.05, 0) is 37.3 Å². The van der Waals surface area contributed by atoms with Gasteiger partial charge in [0.05, 0.1) is 5.69 Å². The van der Waals surface area contributed by atoms with E-state index in [2.05, 4.69) is 15.3 Å². The van der Waals surface area contributed by atoms with Crippen LogP contribution in [0.4, 0.5) is 21.7 Å². The fourth-order valence-electron chi connectivity index (χ4n) is 2.40. The van der Waals surface area contributed by atoms with E-state index in [0.717, 1.165) is 5.69 Å². The van der Waals surface area contributed by atoms with Crippen molar-refractivity contribution in [2.45, 2.75) is 6.92 Å². The van der Waals surface area contributed by atoms with Gasteiger partial charge in [0.15, 0.2) is 0 Å². The van der Waals surface area contributed by atoms with Crippen LogP contribution < -0.4 is 10.2 Å². The summed E-state index contributed by atoms with van der Waals surface area (Å²) in [6, 6.07) is 17.2. The number of nitrogens with one attached hydrogen (secondary N) is 1. The second kappa shape index (κ2) is 7.53. The number of aromatic nitrogens is 2. The summed E-state index contributed by atoms with van der Waals surface area (Å²) in [7, 11) is 0. The average Bonchev–Trinajstić information content (AvgIpc) is 2.65. The highest BCUT2D eigenvalue weighted by Crippen LogP contribution is 2.21. The molecular weight excluding hydrogens is 319 g/mol. The molecular formula is C19H17FN4O. The Hall–Kier alpha value is -3.28. The predicted molar refractivity (Wildman–Crippen MR) is 95.5 cm³/mol. The molecule has 1 heterocycles. The molecule has 0 aliphatic carbocycles. The van der Waals surface area contributed by atoms with Gasteiger partial charge in [-0.25, -0.2) is 14.4 Å². The summed E-state index contributed by atoms with van der Waals surface area (Å²) in [6.45, 7) is 2.62. The maximum Gasteiger partial charge on any atom is 0.274 e.